The summed E-state index contributed by atoms with van der Waals surface area (Å²) < 4.78 is 5.04. The van der Waals surface area contributed by atoms with Crippen molar-refractivity contribution >= 4 is 28.8 Å². The van der Waals surface area contributed by atoms with Gasteiger partial charge in [-0.2, -0.15) is 0 Å². The lowest BCUT2D eigenvalue weighted by atomic mass is 10.1. The van der Waals surface area contributed by atoms with E-state index < -0.39 is 0 Å². The van der Waals surface area contributed by atoms with Crippen LogP contribution in [-0.4, -0.2) is 47.9 Å². The Morgan fingerprint density at radius 3 is 2.62 bits per heavy atom. The predicted octanol–water partition coefficient (Wildman–Crippen LogP) is 1.05. The van der Waals surface area contributed by atoms with Gasteiger partial charge in [0.05, 0.1) is 19.3 Å². The third-order valence-electron chi connectivity index (χ3n) is 3.02. The molecular formula is C14H16N2O4S. The zero-order valence-electron chi connectivity index (χ0n) is 11.6. The van der Waals surface area contributed by atoms with E-state index in [9.17, 15) is 14.4 Å². The number of thioether (sulfide) groups is 1. The maximum atomic E-state index is 11.8. The number of hydrogen-bond acceptors (Lipinski definition) is 5. The Morgan fingerprint density at radius 2 is 2.05 bits per heavy atom. The van der Waals surface area contributed by atoms with Gasteiger partial charge in [-0.15, -0.1) is 0 Å². The van der Waals surface area contributed by atoms with E-state index in [0.717, 1.165) is 23.1 Å². The Balaban J connectivity index is 1.74. The summed E-state index contributed by atoms with van der Waals surface area (Å²) in [5.74, 6) is 0.586. The number of nitrogens with zero attached hydrogens (tertiary/aromatic N) is 1. The molecule has 1 saturated heterocycles. The predicted molar refractivity (Wildman–Crippen MR) is 79.3 cm³/mol. The van der Waals surface area contributed by atoms with Gasteiger partial charge in [0.1, 0.15) is 5.75 Å². The largest absolute Gasteiger partial charge is 0.497 e. The van der Waals surface area contributed by atoms with Crippen LogP contribution >= 0.6 is 11.8 Å². The molecular weight excluding hydrogens is 292 g/mol. The fourth-order valence-corrected chi connectivity index (χ4v) is 2.65. The summed E-state index contributed by atoms with van der Waals surface area (Å²) in [5, 5.41) is 2.46. The fraction of sp³-hybridized carbons (Fsp3) is 0.357. The highest BCUT2D eigenvalue weighted by Gasteiger charge is 2.29. The quantitative estimate of drug-likeness (QED) is 0.850. The van der Waals surface area contributed by atoms with Crippen LogP contribution < -0.4 is 10.1 Å². The molecule has 0 unspecified atom stereocenters. The van der Waals surface area contributed by atoms with Gasteiger partial charge in [0.15, 0.2) is 0 Å². The van der Waals surface area contributed by atoms with Crippen molar-refractivity contribution < 1.29 is 19.1 Å². The lowest BCUT2D eigenvalue weighted by Crippen LogP contribution is -2.37. The van der Waals surface area contributed by atoms with E-state index in [1.54, 1.807) is 19.2 Å². The molecule has 1 aromatic rings. The highest BCUT2D eigenvalue weighted by Crippen LogP contribution is 2.17. The number of methoxy groups -OCH3 is 1. The minimum atomic E-state index is -0.246. The first kappa shape index (κ1) is 15.4. The van der Waals surface area contributed by atoms with Crippen molar-refractivity contribution in [1.29, 1.82) is 0 Å². The molecule has 0 spiro atoms. The molecule has 0 atom stereocenters. The second-order valence-electron chi connectivity index (χ2n) is 4.47. The molecule has 7 heteroatoms. The highest BCUT2D eigenvalue weighted by atomic mass is 32.2. The zero-order chi connectivity index (χ0) is 15.2. The van der Waals surface area contributed by atoms with Crippen LogP contribution in [0.4, 0.5) is 4.79 Å². The van der Waals surface area contributed by atoms with Gasteiger partial charge in [-0.1, -0.05) is 23.9 Å². The van der Waals surface area contributed by atoms with E-state index in [4.69, 9.17) is 4.74 Å². The number of imide groups is 1. The van der Waals surface area contributed by atoms with Gasteiger partial charge in [0.2, 0.25) is 11.8 Å². The number of amides is 3. The molecule has 1 aromatic carbocycles. The average molecular weight is 308 g/mol. The van der Waals surface area contributed by atoms with E-state index >= 15 is 0 Å². The second-order valence-corrected chi connectivity index (χ2v) is 5.40. The van der Waals surface area contributed by atoms with Crippen molar-refractivity contribution in [2.75, 3.05) is 26.0 Å². The van der Waals surface area contributed by atoms with Crippen LogP contribution in [0.5, 0.6) is 5.75 Å². The molecule has 1 fully saturated rings. The van der Waals surface area contributed by atoms with Gasteiger partial charge in [-0.3, -0.25) is 19.3 Å². The van der Waals surface area contributed by atoms with E-state index in [1.165, 1.54) is 4.90 Å². The van der Waals surface area contributed by atoms with E-state index in [0.29, 0.717) is 0 Å². The summed E-state index contributed by atoms with van der Waals surface area (Å²) in [6.07, 6.45) is 0.251. The van der Waals surface area contributed by atoms with Gasteiger partial charge < -0.3 is 10.1 Å². The van der Waals surface area contributed by atoms with E-state index in [-0.39, 0.29) is 42.3 Å². The molecule has 6 nitrogen and oxygen atoms in total. The summed E-state index contributed by atoms with van der Waals surface area (Å²) >= 11 is 0.991. The molecule has 1 aliphatic heterocycles. The standard InChI is InChI=1S/C14H16N2O4S/c1-20-11-4-2-10(3-5-11)8-12(17)15-6-7-16-13(18)9-21-14(16)19/h2-5H,6-9H2,1H3,(H,15,17). The molecule has 0 radical (unpaired) electrons. The summed E-state index contributed by atoms with van der Waals surface area (Å²) in [6, 6.07) is 7.23. The number of carbonyl (C=O) groups excluding carboxylic acids is 3. The normalized spacial score (nSPS) is 14.4. The monoisotopic (exact) mass is 308 g/mol. The molecule has 0 bridgehead atoms. The van der Waals surface area contributed by atoms with Gasteiger partial charge in [0.25, 0.3) is 5.24 Å². The summed E-state index contributed by atoms with van der Waals surface area (Å²) in [6.45, 7) is 0.492. The molecule has 0 saturated carbocycles. The van der Waals surface area contributed by atoms with E-state index in [2.05, 4.69) is 5.32 Å². The van der Waals surface area contributed by atoms with Crippen molar-refractivity contribution in [1.82, 2.24) is 10.2 Å². The average Bonchev–Trinajstić information content (AvgIpc) is 2.80. The lowest BCUT2D eigenvalue weighted by Gasteiger charge is -2.13. The van der Waals surface area contributed by atoms with Crippen LogP contribution in [0, 0.1) is 0 Å². The first-order valence-corrected chi connectivity index (χ1v) is 7.45. The fourth-order valence-electron chi connectivity index (χ4n) is 1.90. The summed E-state index contributed by atoms with van der Waals surface area (Å²) in [4.78, 5) is 35.7. The molecule has 0 aliphatic carbocycles. The summed E-state index contributed by atoms with van der Waals surface area (Å²) in [7, 11) is 1.58. The van der Waals surface area contributed by atoms with Crippen molar-refractivity contribution in [3.63, 3.8) is 0 Å². The molecule has 3 amide bonds. The topological polar surface area (TPSA) is 75.7 Å². The Labute approximate surface area is 126 Å². The van der Waals surface area contributed by atoms with Gasteiger partial charge in [-0.05, 0) is 17.7 Å². The number of hydrogen-bond donors (Lipinski definition) is 1. The minimum Gasteiger partial charge on any atom is -0.497 e. The molecule has 1 heterocycles. The molecule has 2 rings (SSSR count). The van der Waals surface area contributed by atoms with Crippen LogP contribution in [0.15, 0.2) is 24.3 Å². The Morgan fingerprint density at radius 1 is 1.33 bits per heavy atom. The molecule has 112 valence electrons. The van der Waals surface area contributed by atoms with Gasteiger partial charge >= 0.3 is 0 Å². The van der Waals surface area contributed by atoms with E-state index in [1.807, 2.05) is 12.1 Å². The minimum absolute atomic E-state index is 0.146. The highest BCUT2D eigenvalue weighted by molar-refractivity contribution is 8.14. The number of benzene rings is 1. The smallest absolute Gasteiger partial charge is 0.288 e. The summed E-state index contributed by atoms with van der Waals surface area (Å²) in [5.41, 5.74) is 0.872. The van der Waals surface area contributed by atoms with Crippen molar-refractivity contribution in [2.45, 2.75) is 6.42 Å². The van der Waals surface area contributed by atoms with Gasteiger partial charge in [-0.25, -0.2) is 0 Å². The number of nitrogens with one attached hydrogen (secondary N) is 1. The Kier molecular flexibility index (Phi) is 5.21. The Hall–Kier alpha value is -2.02. The first-order valence-electron chi connectivity index (χ1n) is 6.47. The van der Waals surface area contributed by atoms with Crippen molar-refractivity contribution in [3.8, 4) is 5.75 Å². The van der Waals surface area contributed by atoms with Crippen molar-refractivity contribution in [2.24, 2.45) is 0 Å². The zero-order valence-corrected chi connectivity index (χ0v) is 12.4. The van der Waals surface area contributed by atoms with Crippen molar-refractivity contribution in [3.05, 3.63) is 29.8 Å². The number of rotatable bonds is 6. The lowest BCUT2D eigenvalue weighted by molar-refractivity contribution is -0.125. The van der Waals surface area contributed by atoms with Crippen LogP contribution in [-0.2, 0) is 16.0 Å². The van der Waals surface area contributed by atoms with Crippen LogP contribution in [0.3, 0.4) is 0 Å². The number of carbonyl (C=O) groups is 3. The third kappa shape index (κ3) is 4.22. The molecule has 1 N–H and O–H groups in total. The van der Waals surface area contributed by atoms with Crippen LogP contribution in [0.25, 0.3) is 0 Å². The Bertz CT molecular complexity index is 528. The molecule has 0 aromatic heterocycles. The number of ether oxygens (including phenoxy) is 1. The maximum Gasteiger partial charge on any atom is 0.288 e. The van der Waals surface area contributed by atoms with Gasteiger partial charge in [0, 0.05) is 13.1 Å². The van der Waals surface area contributed by atoms with Crippen LogP contribution in [0.1, 0.15) is 5.56 Å². The SMILES string of the molecule is COc1ccc(CC(=O)NCCN2C(=O)CSC2=O)cc1. The first-order chi connectivity index (χ1) is 10.1. The molecule has 1 aliphatic rings. The molecule has 21 heavy (non-hydrogen) atoms. The second kappa shape index (κ2) is 7.12. The van der Waals surface area contributed by atoms with Crippen LogP contribution in [0.2, 0.25) is 0 Å². The maximum absolute atomic E-state index is 11.8. The third-order valence-corrected chi connectivity index (χ3v) is 3.88.